The van der Waals surface area contributed by atoms with Gasteiger partial charge in [-0.2, -0.15) is 0 Å². The summed E-state index contributed by atoms with van der Waals surface area (Å²) in [5.74, 6) is -0.441. The van der Waals surface area contributed by atoms with E-state index in [1.807, 2.05) is 13.0 Å². The molecule has 70 valence electrons. The first kappa shape index (κ1) is 9.92. The predicted molar refractivity (Wildman–Crippen MR) is 51.8 cm³/mol. The fourth-order valence-electron chi connectivity index (χ4n) is 0.971. The normalized spacial score (nSPS) is 9.92. The summed E-state index contributed by atoms with van der Waals surface area (Å²) >= 11 is 1.53. The average Bonchev–Trinajstić information content (AvgIpc) is 2.47. The number of carbonyl (C=O) groups is 2. The van der Waals surface area contributed by atoms with Gasteiger partial charge in [0.2, 0.25) is 5.91 Å². The zero-order valence-electron chi connectivity index (χ0n) is 7.37. The first-order valence-electron chi connectivity index (χ1n) is 3.96. The van der Waals surface area contributed by atoms with Crippen molar-refractivity contribution in [1.29, 1.82) is 0 Å². The Labute approximate surface area is 80.6 Å². The zero-order chi connectivity index (χ0) is 9.84. The number of rotatable bonds is 4. The van der Waals surface area contributed by atoms with Crippen molar-refractivity contribution >= 4 is 23.0 Å². The molecular formula is C9H11NO2S. The maximum absolute atomic E-state index is 11.4. The van der Waals surface area contributed by atoms with E-state index in [-0.39, 0.29) is 18.6 Å². The van der Waals surface area contributed by atoms with Crippen LogP contribution in [0.3, 0.4) is 0 Å². The van der Waals surface area contributed by atoms with Gasteiger partial charge in [0, 0.05) is 28.7 Å². The van der Waals surface area contributed by atoms with E-state index in [0.717, 1.165) is 4.88 Å². The van der Waals surface area contributed by atoms with E-state index in [2.05, 4.69) is 0 Å². The third kappa shape index (κ3) is 2.99. The summed E-state index contributed by atoms with van der Waals surface area (Å²) in [6.45, 7) is 1.94. The van der Waals surface area contributed by atoms with Gasteiger partial charge >= 0.3 is 0 Å². The van der Waals surface area contributed by atoms with Crippen molar-refractivity contribution in [1.82, 2.24) is 0 Å². The molecule has 13 heavy (non-hydrogen) atoms. The lowest BCUT2D eigenvalue weighted by molar-refractivity contribution is -0.117. The van der Waals surface area contributed by atoms with Crippen molar-refractivity contribution in [2.75, 3.05) is 0 Å². The SMILES string of the molecule is Cc1cc(C(=O)CCC(N)=O)cs1. The molecule has 0 spiro atoms. The van der Waals surface area contributed by atoms with Gasteiger partial charge in [-0.1, -0.05) is 0 Å². The molecule has 0 aliphatic rings. The lowest BCUT2D eigenvalue weighted by atomic mass is 10.1. The average molecular weight is 197 g/mol. The van der Waals surface area contributed by atoms with Crippen LogP contribution in [0.15, 0.2) is 11.4 Å². The fraction of sp³-hybridized carbons (Fsp3) is 0.333. The van der Waals surface area contributed by atoms with Crippen molar-refractivity contribution in [2.24, 2.45) is 5.73 Å². The van der Waals surface area contributed by atoms with Gasteiger partial charge in [0.15, 0.2) is 5.78 Å². The van der Waals surface area contributed by atoms with Crippen LogP contribution in [0.5, 0.6) is 0 Å². The number of carbonyl (C=O) groups excluding carboxylic acids is 2. The molecule has 0 bridgehead atoms. The summed E-state index contributed by atoms with van der Waals surface area (Å²) in [6, 6.07) is 1.83. The van der Waals surface area contributed by atoms with Crippen LogP contribution in [0.4, 0.5) is 0 Å². The van der Waals surface area contributed by atoms with Crippen LogP contribution in [-0.4, -0.2) is 11.7 Å². The third-order valence-corrected chi connectivity index (χ3v) is 2.51. The molecule has 0 aliphatic heterocycles. The zero-order valence-corrected chi connectivity index (χ0v) is 8.19. The van der Waals surface area contributed by atoms with E-state index in [1.54, 1.807) is 5.38 Å². The van der Waals surface area contributed by atoms with Crippen LogP contribution in [0.2, 0.25) is 0 Å². The van der Waals surface area contributed by atoms with Crippen molar-refractivity contribution in [3.8, 4) is 0 Å². The molecule has 1 rings (SSSR count). The van der Waals surface area contributed by atoms with Gasteiger partial charge in [-0.15, -0.1) is 11.3 Å². The molecule has 3 nitrogen and oxygen atoms in total. The number of nitrogens with two attached hydrogens (primary N) is 1. The van der Waals surface area contributed by atoms with Crippen molar-refractivity contribution in [2.45, 2.75) is 19.8 Å². The molecule has 1 heterocycles. The van der Waals surface area contributed by atoms with E-state index in [9.17, 15) is 9.59 Å². The Hall–Kier alpha value is -1.16. The molecule has 1 aromatic rings. The van der Waals surface area contributed by atoms with Crippen LogP contribution in [-0.2, 0) is 4.79 Å². The monoisotopic (exact) mass is 197 g/mol. The maximum atomic E-state index is 11.4. The second kappa shape index (κ2) is 4.18. The largest absolute Gasteiger partial charge is 0.370 e. The van der Waals surface area contributed by atoms with E-state index in [4.69, 9.17) is 5.73 Å². The second-order valence-corrected chi connectivity index (χ2v) is 3.95. The van der Waals surface area contributed by atoms with Crippen molar-refractivity contribution in [3.05, 3.63) is 21.9 Å². The Morgan fingerprint density at radius 2 is 2.15 bits per heavy atom. The number of aryl methyl sites for hydroxylation is 1. The lowest BCUT2D eigenvalue weighted by Crippen LogP contribution is -2.12. The molecular weight excluding hydrogens is 186 g/mol. The third-order valence-electron chi connectivity index (χ3n) is 1.65. The highest BCUT2D eigenvalue weighted by molar-refractivity contribution is 7.10. The first-order chi connectivity index (χ1) is 6.09. The molecule has 0 radical (unpaired) electrons. The maximum Gasteiger partial charge on any atom is 0.217 e. The molecule has 0 atom stereocenters. The summed E-state index contributed by atoms with van der Waals surface area (Å²) in [5.41, 5.74) is 5.62. The van der Waals surface area contributed by atoms with Crippen LogP contribution >= 0.6 is 11.3 Å². The predicted octanol–water partition coefficient (Wildman–Crippen LogP) is 1.50. The molecule has 0 unspecified atom stereocenters. The highest BCUT2D eigenvalue weighted by Crippen LogP contribution is 2.15. The minimum Gasteiger partial charge on any atom is -0.370 e. The highest BCUT2D eigenvalue weighted by Gasteiger charge is 2.08. The van der Waals surface area contributed by atoms with E-state index >= 15 is 0 Å². The van der Waals surface area contributed by atoms with Crippen LogP contribution in [0, 0.1) is 6.92 Å². The Kier molecular flexibility index (Phi) is 3.19. The first-order valence-corrected chi connectivity index (χ1v) is 4.84. The van der Waals surface area contributed by atoms with Crippen LogP contribution < -0.4 is 5.73 Å². The quantitative estimate of drug-likeness (QED) is 0.743. The minimum atomic E-state index is -0.430. The summed E-state index contributed by atoms with van der Waals surface area (Å²) in [6.07, 6.45) is 0.346. The number of hydrogen-bond acceptors (Lipinski definition) is 3. The molecule has 1 amide bonds. The smallest absolute Gasteiger partial charge is 0.217 e. The van der Waals surface area contributed by atoms with Gasteiger partial charge in [-0.25, -0.2) is 0 Å². The topological polar surface area (TPSA) is 60.2 Å². The molecule has 0 saturated carbocycles. The van der Waals surface area contributed by atoms with Crippen LogP contribution in [0.1, 0.15) is 28.1 Å². The Balaban J connectivity index is 2.54. The van der Waals surface area contributed by atoms with Gasteiger partial charge < -0.3 is 5.73 Å². The second-order valence-electron chi connectivity index (χ2n) is 2.84. The number of ketones is 1. The van der Waals surface area contributed by atoms with Gasteiger partial charge in [0.05, 0.1) is 0 Å². The van der Waals surface area contributed by atoms with E-state index in [1.165, 1.54) is 11.3 Å². The van der Waals surface area contributed by atoms with Crippen LogP contribution in [0.25, 0.3) is 0 Å². The molecule has 0 aliphatic carbocycles. The Bertz CT molecular complexity index is 330. The Morgan fingerprint density at radius 3 is 2.62 bits per heavy atom. The number of thiophene rings is 1. The van der Waals surface area contributed by atoms with Gasteiger partial charge in [-0.05, 0) is 13.0 Å². The highest BCUT2D eigenvalue weighted by atomic mass is 32.1. The number of primary amides is 1. The van der Waals surface area contributed by atoms with E-state index in [0.29, 0.717) is 5.56 Å². The molecule has 1 aromatic heterocycles. The van der Waals surface area contributed by atoms with Gasteiger partial charge in [0.1, 0.15) is 0 Å². The van der Waals surface area contributed by atoms with E-state index < -0.39 is 5.91 Å². The summed E-state index contributed by atoms with van der Waals surface area (Å²) in [5, 5.41) is 1.80. The molecule has 0 fully saturated rings. The number of amides is 1. The lowest BCUT2D eigenvalue weighted by Gasteiger charge is -1.93. The molecule has 4 heteroatoms. The number of Topliss-reactive ketones (excluding diaryl/α,β-unsaturated/α-hetero) is 1. The Morgan fingerprint density at radius 1 is 1.46 bits per heavy atom. The summed E-state index contributed by atoms with van der Waals surface area (Å²) in [7, 11) is 0. The summed E-state index contributed by atoms with van der Waals surface area (Å²) < 4.78 is 0. The standard InChI is InChI=1S/C9H11NO2S/c1-6-4-7(5-13-6)8(11)2-3-9(10)12/h4-5H,2-3H2,1H3,(H2,10,12). The summed E-state index contributed by atoms with van der Waals surface area (Å²) in [4.78, 5) is 22.9. The molecule has 0 aromatic carbocycles. The molecule has 0 saturated heterocycles. The van der Waals surface area contributed by atoms with Gasteiger partial charge in [0.25, 0.3) is 0 Å². The molecule has 2 N–H and O–H groups in total. The van der Waals surface area contributed by atoms with Crippen molar-refractivity contribution in [3.63, 3.8) is 0 Å². The minimum absolute atomic E-state index is 0.0110. The fourth-order valence-corrected chi connectivity index (χ4v) is 1.68. The number of hydrogen-bond donors (Lipinski definition) is 1. The van der Waals surface area contributed by atoms with Crippen molar-refractivity contribution < 1.29 is 9.59 Å². The van der Waals surface area contributed by atoms with Gasteiger partial charge in [-0.3, -0.25) is 9.59 Å².